The smallest absolute Gasteiger partial charge is 0.221 e. The van der Waals surface area contributed by atoms with E-state index in [1.54, 1.807) is 12.1 Å². The first-order valence-corrected chi connectivity index (χ1v) is 9.08. The van der Waals surface area contributed by atoms with Crippen LogP contribution in [-0.2, 0) is 17.8 Å². The molecule has 0 bridgehead atoms. The molecule has 27 heavy (non-hydrogen) atoms. The molecular weight excluding hydrogens is 343 g/mol. The monoisotopic (exact) mass is 370 g/mol. The van der Waals surface area contributed by atoms with Gasteiger partial charge in [-0.15, -0.1) is 0 Å². The van der Waals surface area contributed by atoms with Gasteiger partial charge in [-0.3, -0.25) is 9.79 Å². The van der Waals surface area contributed by atoms with Crippen molar-refractivity contribution in [3.8, 4) is 0 Å². The van der Waals surface area contributed by atoms with Crippen LogP contribution >= 0.6 is 0 Å². The summed E-state index contributed by atoms with van der Waals surface area (Å²) < 4.78 is 13.0. The molecule has 2 N–H and O–H groups in total. The van der Waals surface area contributed by atoms with Crippen LogP contribution in [0, 0.1) is 5.82 Å². The number of nitrogens with zero attached hydrogens (tertiary/aromatic N) is 2. The normalized spacial score (nSPS) is 11.2. The van der Waals surface area contributed by atoms with Crippen molar-refractivity contribution in [1.29, 1.82) is 0 Å². The largest absolute Gasteiger partial charge is 0.357 e. The zero-order valence-corrected chi connectivity index (χ0v) is 16.1. The fourth-order valence-electron chi connectivity index (χ4n) is 2.66. The number of amides is 1. The lowest BCUT2D eigenvalue weighted by atomic mass is 10.1. The van der Waals surface area contributed by atoms with Crippen molar-refractivity contribution in [2.24, 2.45) is 4.99 Å². The molecule has 0 saturated carbocycles. The molecule has 0 aliphatic carbocycles. The van der Waals surface area contributed by atoms with Crippen LogP contribution in [0.5, 0.6) is 0 Å². The van der Waals surface area contributed by atoms with Crippen LogP contribution in [0.4, 0.5) is 10.1 Å². The lowest BCUT2D eigenvalue weighted by molar-refractivity contribution is -0.114. The van der Waals surface area contributed by atoms with Crippen molar-refractivity contribution in [1.82, 2.24) is 10.2 Å². The van der Waals surface area contributed by atoms with E-state index in [9.17, 15) is 9.18 Å². The molecule has 0 aliphatic heterocycles. The SMILES string of the molecule is CCNC(=NCCc1ccc(NC(C)=O)cc1)N(C)Cc1ccc(F)cc1. The van der Waals surface area contributed by atoms with Crippen molar-refractivity contribution in [2.45, 2.75) is 26.8 Å². The van der Waals surface area contributed by atoms with Gasteiger partial charge in [0.1, 0.15) is 5.82 Å². The second-order valence-electron chi connectivity index (χ2n) is 6.35. The van der Waals surface area contributed by atoms with Gasteiger partial charge in [0.15, 0.2) is 5.96 Å². The van der Waals surface area contributed by atoms with Gasteiger partial charge in [0, 0.05) is 39.3 Å². The second kappa shape index (κ2) is 10.3. The Kier molecular flexibility index (Phi) is 7.79. The van der Waals surface area contributed by atoms with Crippen LogP contribution < -0.4 is 10.6 Å². The molecule has 2 aromatic rings. The molecule has 0 heterocycles. The lowest BCUT2D eigenvalue weighted by Crippen LogP contribution is -2.38. The Bertz CT molecular complexity index is 757. The molecule has 0 fully saturated rings. The average Bonchev–Trinajstić information content (AvgIpc) is 2.64. The molecule has 144 valence electrons. The van der Waals surface area contributed by atoms with Gasteiger partial charge in [0.25, 0.3) is 0 Å². The number of guanidine groups is 1. The molecule has 0 radical (unpaired) electrons. The van der Waals surface area contributed by atoms with E-state index in [-0.39, 0.29) is 11.7 Å². The van der Waals surface area contributed by atoms with Gasteiger partial charge >= 0.3 is 0 Å². The highest BCUT2D eigenvalue weighted by Gasteiger charge is 2.06. The molecule has 6 heteroatoms. The Morgan fingerprint density at radius 3 is 2.30 bits per heavy atom. The number of carbonyl (C=O) groups is 1. The van der Waals surface area contributed by atoms with Crippen LogP contribution in [0.2, 0.25) is 0 Å². The predicted octanol–water partition coefficient (Wildman–Crippen LogP) is 3.42. The van der Waals surface area contributed by atoms with Gasteiger partial charge < -0.3 is 15.5 Å². The van der Waals surface area contributed by atoms with E-state index in [0.29, 0.717) is 13.1 Å². The molecular formula is C21H27FN4O. The van der Waals surface area contributed by atoms with Crippen LogP contribution in [-0.4, -0.2) is 36.9 Å². The van der Waals surface area contributed by atoms with E-state index < -0.39 is 0 Å². The number of rotatable bonds is 7. The minimum absolute atomic E-state index is 0.0770. The molecule has 0 aliphatic rings. The Morgan fingerprint density at radius 1 is 1.07 bits per heavy atom. The minimum Gasteiger partial charge on any atom is -0.357 e. The summed E-state index contributed by atoms with van der Waals surface area (Å²) in [6.07, 6.45) is 0.805. The zero-order chi connectivity index (χ0) is 19.6. The molecule has 1 amide bonds. The van der Waals surface area contributed by atoms with Crippen molar-refractivity contribution >= 4 is 17.6 Å². The Labute approximate surface area is 160 Å². The zero-order valence-electron chi connectivity index (χ0n) is 16.1. The number of hydrogen-bond donors (Lipinski definition) is 2. The number of aliphatic imine (C=N–C) groups is 1. The van der Waals surface area contributed by atoms with Gasteiger partial charge in [0.2, 0.25) is 5.91 Å². The molecule has 0 aromatic heterocycles. The third kappa shape index (κ3) is 7.09. The molecule has 5 nitrogen and oxygen atoms in total. The summed E-state index contributed by atoms with van der Waals surface area (Å²) in [5.41, 5.74) is 2.98. The van der Waals surface area contributed by atoms with E-state index >= 15 is 0 Å². The Hall–Kier alpha value is -2.89. The number of carbonyl (C=O) groups excluding carboxylic acids is 1. The van der Waals surface area contributed by atoms with Crippen molar-refractivity contribution in [2.75, 3.05) is 25.5 Å². The maximum absolute atomic E-state index is 13.0. The van der Waals surface area contributed by atoms with E-state index in [1.165, 1.54) is 19.1 Å². The lowest BCUT2D eigenvalue weighted by Gasteiger charge is -2.22. The topological polar surface area (TPSA) is 56.7 Å². The number of nitrogens with one attached hydrogen (secondary N) is 2. The average molecular weight is 370 g/mol. The van der Waals surface area contributed by atoms with E-state index in [1.807, 2.05) is 43.1 Å². The molecule has 0 unspecified atom stereocenters. The fraction of sp³-hybridized carbons (Fsp3) is 0.333. The van der Waals surface area contributed by atoms with Gasteiger partial charge in [0.05, 0.1) is 0 Å². The molecule has 2 aromatic carbocycles. The van der Waals surface area contributed by atoms with Gasteiger partial charge in [-0.25, -0.2) is 4.39 Å². The second-order valence-corrected chi connectivity index (χ2v) is 6.35. The van der Waals surface area contributed by atoms with Crippen molar-refractivity contribution in [3.63, 3.8) is 0 Å². The van der Waals surface area contributed by atoms with E-state index in [2.05, 4.69) is 15.6 Å². The predicted molar refractivity (Wildman–Crippen MR) is 108 cm³/mol. The van der Waals surface area contributed by atoms with Gasteiger partial charge in [-0.1, -0.05) is 24.3 Å². The number of anilines is 1. The Balaban J connectivity index is 1.93. The van der Waals surface area contributed by atoms with Crippen molar-refractivity contribution < 1.29 is 9.18 Å². The van der Waals surface area contributed by atoms with Crippen LogP contribution in [0.25, 0.3) is 0 Å². The van der Waals surface area contributed by atoms with Gasteiger partial charge in [-0.05, 0) is 48.7 Å². The first-order valence-electron chi connectivity index (χ1n) is 9.08. The third-order valence-corrected chi connectivity index (χ3v) is 3.97. The third-order valence-electron chi connectivity index (χ3n) is 3.97. The number of halogens is 1. The quantitative estimate of drug-likeness (QED) is 0.580. The summed E-state index contributed by atoms with van der Waals surface area (Å²) in [6, 6.07) is 14.3. The van der Waals surface area contributed by atoms with Gasteiger partial charge in [-0.2, -0.15) is 0 Å². The fourth-order valence-corrected chi connectivity index (χ4v) is 2.66. The van der Waals surface area contributed by atoms with Crippen LogP contribution in [0.1, 0.15) is 25.0 Å². The first kappa shape index (κ1) is 20.4. The van der Waals surface area contributed by atoms with Crippen molar-refractivity contribution in [3.05, 3.63) is 65.5 Å². The van der Waals surface area contributed by atoms with Crippen LogP contribution in [0.15, 0.2) is 53.5 Å². The standard InChI is InChI=1S/C21H27FN4O/c1-4-23-21(26(3)15-18-5-9-19(22)10-6-18)24-14-13-17-7-11-20(12-8-17)25-16(2)27/h5-12H,4,13-15H2,1-3H3,(H,23,24)(H,25,27). The molecule has 0 spiro atoms. The molecule has 0 atom stereocenters. The van der Waals surface area contributed by atoms with Crippen LogP contribution in [0.3, 0.4) is 0 Å². The summed E-state index contributed by atoms with van der Waals surface area (Å²) in [6.45, 7) is 5.60. The minimum atomic E-state index is -0.230. The maximum atomic E-state index is 13.0. The highest BCUT2D eigenvalue weighted by molar-refractivity contribution is 5.88. The van der Waals surface area contributed by atoms with E-state index in [0.717, 1.165) is 35.7 Å². The first-order chi connectivity index (χ1) is 13.0. The molecule has 2 rings (SSSR count). The summed E-state index contributed by atoms with van der Waals surface area (Å²) in [5.74, 6) is 0.509. The number of hydrogen-bond acceptors (Lipinski definition) is 2. The highest BCUT2D eigenvalue weighted by atomic mass is 19.1. The maximum Gasteiger partial charge on any atom is 0.221 e. The highest BCUT2D eigenvalue weighted by Crippen LogP contribution is 2.10. The number of benzene rings is 2. The summed E-state index contributed by atoms with van der Waals surface area (Å²) in [4.78, 5) is 17.8. The molecule has 0 saturated heterocycles. The summed E-state index contributed by atoms with van der Waals surface area (Å²) in [7, 11) is 1.97. The van der Waals surface area contributed by atoms with E-state index in [4.69, 9.17) is 0 Å². The summed E-state index contributed by atoms with van der Waals surface area (Å²) in [5, 5.41) is 6.04. The summed E-state index contributed by atoms with van der Waals surface area (Å²) >= 11 is 0. The Morgan fingerprint density at radius 2 is 1.70 bits per heavy atom.